The van der Waals surface area contributed by atoms with Gasteiger partial charge in [0, 0.05) is 21.5 Å². The highest BCUT2D eigenvalue weighted by Gasteiger charge is 2.37. The van der Waals surface area contributed by atoms with Crippen LogP contribution in [0.2, 0.25) is 0 Å². The molecule has 2 unspecified atom stereocenters. The Hall–Kier alpha value is -2.61. The Morgan fingerprint density at radius 1 is 0.931 bits per heavy atom. The van der Waals surface area contributed by atoms with Gasteiger partial charge in [-0.3, -0.25) is 4.79 Å². The van der Waals surface area contributed by atoms with E-state index < -0.39 is 22.9 Å². The molecule has 0 N–H and O–H groups in total. The van der Waals surface area contributed by atoms with Gasteiger partial charge in [-0.1, -0.05) is 54.2 Å². The number of hydrogen-bond acceptors (Lipinski definition) is 4. The Bertz CT molecular complexity index is 1060. The average Bonchev–Trinajstić information content (AvgIpc) is 2.78. The van der Waals surface area contributed by atoms with E-state index in [1.807, 2.05) is 60.7 Å². The SMILES string of the molecule is O=NC(=O)C1c2ccccc2CCN1S(=O)c1ccc(Sc2ccccc2)cc1. The number of rotatable bonds is 5. The number of benzene rings is 3. The van der Waals surface area contributed by atoms with Crippen molar-refractivity contribution in [1.29, 1.82) is 0 Å². The summed E-state index contributed by atoms with van der Waals surface area (Å²) in [5, 5.41) is 2.63. The third-order valence-electron chi connectivity index (χ3n) is 4.78. The standard InChI is InChI=1S/C22H18N2O3S2/c25-22(23-26)21-20-9-5-4-6-16(20)14-15-24(21)29(27)19-12-10-18(11-13-19)28-17-7-2-1-3-8-17/h1-13,21H,14-15H2. The topological polar surface area (TPSA) is 66.8 Å². The minimum absolute atomic E-state index is 0.413. The van der Waals surface area contributed by atoms with Crippen LogP contribution in [0.25, 0.3) is 0 Å². The molecule has 29 heavy (non-hydrogen) atoms. The van der Waals surface area contributed by atoms with Gasteiger partial charge in [-0.05, 0) is 53.9 Å². The zero-order valence-corrected chi connectivity index (χ0v) is 17.1. The highest BCUT2D eigenvalue weighted by molar-refractivity contribution is 7.99. The van der Waals surface area contributed by atoms with Crippen LogP contribution in [-0.4, -0.2) is 21.0 Å². The van der Waals surface area contributed by atoms with Crippen LogP contribution in [0.15, 0.2) is 98.7 Å². The van der Waals surface area contributed by atoms with E-state index in [9.17, 15) is 13.9 Å². The summed E-state index contributed by atoms with van der Waals surface area (Å²) < 4.78 is 14.8. The molecule has 1 aliphatic heterocycles. The first-order chi connectivity index (χ1) is 14.2. The Kier molecular flexibility index (Phi) is 5.99. The molecule has 1 heterocycles. The highest BCUT2D eigenvalue weighted by Crippen LogP contribution is 2.34. The first-order valence-electron chi connectivity index (χ1n) is 9.14. The molecule has 0 radical (unpaired) electrons. The van der Waals surface area contributed by atoms with Gasteiger partial charge < -0.3 is 0 Å². The van der Waals surface area contributed by atoms with Crippen molar-refractivity contribution in [2.24, 2.45) is 5.18 Å². The number of fused-ring (bicyclic) bond motifs is 1. The molecule has 0 saturated carbocycles. The van der Waals surface area contributed by atoms with Crippen LogP contribution >= 0.6 is 11.8 Å². The summed E-state index contributed by atoms with van der Waals surface area (Å²) >= 11 is 1.62. The fourth-order valence-corrected chi connectivity index (χ4v) is 5.54. The molecule has 0 spiro atoms. The molecule has 2 atom stereocenters. The van der Waals surface area contributed by atoms with Gasteiger partial charge in [0.2, 0.25) is 0 Å². The fourth-order valence-electron chi connectivity index (χ4n) is 3.41. The summed E-state index contributed by atoms with van der Waals surface area (Å²) in [6, 6.07) is 23.9. The monoisotopic (exact) mass is 422 g/mol. The van der Waals surface area contributed by atoms with Gasteiger partial charge in [-0.15, -0.1) is 4.91 Å². The van der Waals surface area contributed by atoms with Gasteiger partial charge in [-0.25, -0.2) is 8.51 Å². The second-order valence-corrected chi connectivity index (χ2v) is 9.14. The van der Waals surface area contributed by atoms with Crippen molar-refractivity contribution < 1.29 is 9.00 Å². The molecule has 1 aliphatic rings. The maximum absolute atomic E-state index is 13.2. The molecular weight excluding hydrogens is 404 g/mol. The number of carbonyl (C=O) groups is 1. The summed E-state index contributed by atoms with van der Waals surface area (Å²) in [6.07, 6.45) is 0.659. The van der Waals surface area contributed by atoms with Crippen LogP contribution in [0.3, 0.4) is 0 Å². The van der Waals surface area contributed by atoms with Gasteiger partial charge in [0.25, 0.3) is 0 Å². The van der Waals surface area contributed by atoms with Gasteiger partial charge in [0.1, 0.15) is 17.0 Å². The second kappa shape index (κ2) is 8.82. The molecule has 0 fully saturated rings. The first kappa shape index (κ1) is 19.7. The third kappa shape index (κ3) is 4.22. The highest BCUT2D eigenvalue weighted by atomic mass is 32.2. The minimum Gasteiger partial charge on any atom is -0.267 e. The first-order valence-corrected chi connectivity index (χ1v) is 11.1. The molecule has 3 aromatic rings. The number of nitrogens with zero attached hydrogens (tertiary/aromatic N) is 2. The third-order valence-corrected chi connectivity index (χ3v) is 7.29. The zero-order chi connectivity index (χ0) is 20.2. The van der Waals surface area contributed by atoms with Crippen molar-refractivity contribution in [2.75, 3.05) is 6.54 Å². The van der Waals surface area contributed by atoms with E-state index in [1.165, 1.54) is 0 Å². The Morgan fingerprint density at radius 3 is 2.31 bits per heavy atom. The summed E-state index contributed by atoms with van der Waals surface area (Å²) in [6.45, 7) is 0.413. The predicted molar refractivity (Wildman–Crippen MR) is 114 cm³/mol. The van der Waals surface area contributed by atoms with Gasteiger partial charge >= 0.3 is 5.91 Å². The molecule has 0 aromatic heterocycles. The van der Waals surface area contributed by atoms with Crippen LogP contribution < -0.4 is 0 Å². The van der Waals surface area contributed by atoms with E-state index >= 15 is 0 Å². The van der Waals surface area contributed by atoms with Crippen molar-refractivity contribution in [3.63, 3.8) is 0 Å². The Morgan fingerprint density at radius 2 is 1.59 bits per heavy atom. The van der Waals surface area contributed by atoms with E-state index in [2.05, 4.69) is 5.18 Å². The fraction of sp³-hybridized carbons (Fsp3) is 0.136. The molecule has 7 heteroatoms. The van der Waals surface area contributed by atoms with E-state index in [-0.39, 0.29) is 0 Å². The van der Waals surface area contributed by atoms with Gasteiger partial charge in [0.15, 0.2) is 0 Å². The maximum atomic E-state index is 13.2. The molecule has 1 amide bonds. The number of nitroso groups, excluding NO2 is 1. The van der Waals surface area contributed by atoms with Crippen LogP contribution in [0.5, 0.6) is 0 Å². The summed E-state index contributed by atoms with van der Waals surface area (Å²) in [5.74, 6) is -0.818. The summed E-state index contributed by atoms with van der Waals surface area (Å²) in [4.78, 5) is 26.0. The van der Waals surface area contributed by atoms with Crippen molar-refractivity contribution in [3.05, 3.63) is 94.9 Å². The van der Waals surface area contributed by atoms with E-state index in [1.54, 1.807) is 34.3 Å². The van der Waals surface area contributed by atoms with Crippen molar-refractivity contribution in [2.45, 2.75) is 27.1 Å². The second-order valence-electron chi connectivity index (χ2n) is 6.56. The molecule has 0 bridgehead atoms. The Labute approximate surface area is 175 Å². The lowest BCUT2D eigenvalue weighted by Gasteiger charge is -2.33. The molecule has 4 rings (SSSR count). The maximum Gasteiger partial charge on any atom is 0.308 e. The van der Waals surface area contributed by atoms with E-state index in [4.69, 9.17) is 0 Å². The quantitative estimate of drug-likeness (QED) is 0.557. The van der Waals surface area contributed by atoms with Gasteiger partial charge in [0.05, 0.1) is 4.90 Å². The van der Waals surface area contributed by atoms with Crippen LogP contribution in [-0.2, 0) is 22.2 Å². The minimum atomic E-state index is -1.58. The smallest absolute Gasteiger partial charge is 0.267 e. The van der Waals surface area contributed by atoms with Crippen LogP contribution in [0, 0.1) is 4.91 Å². The molecule has 146 valence electrons. The molecule has 0 saturated heterocycles. The molecule has 3 aromatic carbocycles. The number of carbonyl (C=O) groups excluding carboxylic acids is 1. The van der Waals surface area contributed by atoms with E-state index in [0.717, 1.165) is 15.4 Å². The largest absolute Gasteiger partial charge is 0.308 e. The van der Waals surface area contributed by atoms with Crippen molar-refractivity contribution in [1.82, 2.24) is 4.31 Å². The number of amides is 1. The lowest BCUT2D eigenvalue weighted by molar-refractivity contribution is -0.121. The van der Waals surface area contributed by atoms with Crippen LogP contribution in [0.4, 0.5) is 0 Å². The molecule has 0 aliphatic carbocycles. The lowest BCUT2D eigenvalue weighted by Crippen LogP contribution is -2.40. The zero-order valence-electron chi connectivity index (χ0n) is 15.4. The molecular formula is C22H18N2O3S2. The normalized spacial score (nSPS) is 17.3. The van der Waals surface area contributed by atoms with E-state index in [0.29, 0.717) is 23.4 Å². The summed E-state index contributed by atoms with van der Waals surface area (Å²) in [7, 11) is -1.58. The van der Waals surface area contributed by atoms with Crippen molar-refractivity contribution >= 4 is 28.7 Å². The predicted octanol–water partition coefficient (Wildman–Crippen LogP) is 4.75. The average molecular weight is 423 g/mol. The van der Waals surface area contributed by atoms with Crippen molar-refractivity contribution in [3.8, 4) is 0 Å². The molecule has 5 nitrogen and oxygen atoms in total. The van der Waals surface area contributed by atoms with Crippen LogP contribution in [0.1, 0.15) is 17.2 Å². The summed E-state index contributed by atoms with van der Waals surface area (Å²) in [5.41, 5.74) is 1.69. The number of hydrogen-bond donors (Lipinski definition) is 0. The van der Waals surface area contributed by atoms with Gasteiger partial charge in [-0.2, -0.15) is 0 Å². The lowest BCUT2D eigenvalue weighted by atomic mass is 9.94. The Balaban J connectivity index is 1.58.